The van der Waals surface area contributed by atoms with Crippen molar-refractivity contribution in [1.29, 1.82) is 0 Å². The molecule has 1 atom stereocenters. The Kier molecular flexibility index (Phi) is 8.41. The quantitative estimate of drug-likeness (QED) is 0.475. The van der Waals surface area contributed by atoms with Gasteiger partial charge in [0.05, 0.1) is 19.3 Å². The third-order valence-corrected chi connectivity index (χ3v) is 4.39. The number of carbonyl (C=O) groups excluding carboxylic acids is 3. The van der Waals surface area contributed by atoms with Gasteiger partial charge in [0.2, 0.25) is 0 Å². The molecule has 1 amide bonds. The summed E-state index contributed by atoms with van der Waals surface area (Å²) in [5, 5.41) is 2.67. The number of ether oxygens (including phenoxy) is 3. The minimum Gasteiger partial charge on any atom is -0.496 e. The lowest BCUT2D eigenvalue weighted by Crippen LogP contribution is -2.45. The number of hydrogen-bond donors (Lipinski definition) is 1. The molecule has 0 unspecified atom stereocenters. The van der Waals surface area contributed by atoms with Crippen molar-refractivity contribution < 1.29 is 28.6 Å². The van der Waals surface area contributed by atoms with E-state index in [-0.39, 0.29) is 11.7 Å². The van der Waals surface area contributed by atoms with Crippen LogP contribution in [0.15, 0.2) is 48.5 Å². The lowest BCUT2D eigenvalue weighted by Gasteiger charge is -2.21. The molecule has 0 spiro atoms. The summed E-state index contributed by atoms with van der Waals surface area (Å²) in [6, 6.07) is 12.4. The van der Waals surface area contributed by atoms with E-state index in [4.69, 9.17) is 14.2 Å². The van der Waals surface area contributed by atoms with Crippen LogP contribution in [-0.4, -0.2) is 44.0 Å². The van der Waals surface area contributed by atoms with Gasteiger partial charge >= 0.3 is 5.97 Å². The Labute approximate surface area is 176 Å². The number of hydrogen-bond acceptors (Lipinski definition) is 6. The van der Waals surface area contributed by atoms with Crippen molar-refractivity contribution in [3.63, 3.8) is 0 Å². The summed E-state index contributed by atoms with van der Waals surface area (Å²) in [7, 11) is 1.47. The fraction of sp³-hybridized carbons (Fsp3) is 0.348. The highest BCUT2D eigenvalue weighted by Crippen LogP contribution is 2.18. The molecular formula is C23H27NO6. The van der Waals surface area contributed by atoms with Crippen LogP contribution in [0.2, 0.25) is 0 Å². The molecule has 30 heavy (non-hydrogen) atoms. The summed E-state index contributed by atoms with van der Waals surface area (Å²) in [6.07, 6.45) is 0. The zero-order valence-electron chi connectivity index (χ0n) is 17.6. The van der Waals surface area contributed by atoms with E-state index in [0.717, 1.165) is 0 Å². The fourth-order valence-electron chi connectivity index (χ4n) is 2.76. The van der Waals surface area contributed by atoms with Crippen LogP contribution in [0.3, 0.4) is 0 Å². The van der Waals surface area contributed by atoms with Gasteiger partial charge in [-0.15, -0.1) is 0 Å². The van der Waals surface area contributed by atoms with E-state index in [1.54, 1.807) is 62.4 Å². The number of carbonyl (C=O) groups is 3. The highest BCUT2D eigenvalue weighted by atomic mass is 16.5. The molecule has 7 nitrogen and oxygen atoms in total. The molecule has 0 radical (unpaired) electrons. The van der Waals surface area contributed by atoms with Crippen LogP contribution in [0.4, 0.5) is 0 Å². The van der Waals surface area contributed by atoms with Crippen LogP contribution < -0.4 is 14.8 Å². The summed E-state index contributed by atoms with van der Waals surface area (Å²) in [4.78, 5) is 37.5. The number of ketones is 1. The number of para-hydroxylation sites is 1. The molecule has 0 aromatic heterocycles. The number of rotatable bonds is 10. The van der Waals surface area contributed by atoms with E-state index < -0.39 is 24.5 Å². The molecule has 0 saturated carbocycles. The van der Waals surface area contributed by atoms with Gasteiger partial charge < -0.3 is 19.5 Å². The predicted molar refractivity (Wildman–Crippen MR) is 112 cm³/mol. The van der Waals surface area contributed by atoms with E-state index in [1.807, 2.05) is 6.92 Å². The van der Waals surface area contributed by atoms with Crippen molar-refractivity contribution in [1.82, 2.24) is 5.32 Å². The molecule has 0 aliphatic carbocycles. The molecule has 2 rings (SSSR count). The average molecular weight is 413 g/mol. The molecule has 0 fully saturated rings. The van der Waals surface area contributed by atoms with Gasteiger partial charge in [0.15, 0.2) is 12.4 Å². The molecule has 0 bridgehead atoms. The molecule has 2 aromatic carbocycles. The van der Waals surface area contributed by atoms with Gasteiger partial charge in [-0.05, 0) is 49.2 Å². The molecule has 0 aliphatic rings. The normalized spacial score (nSPS) is 11.5. The molecule has 7 heteroatoms. The van der Waals surface area contributed by atoms with Crippen LogP contribution in [0.1, 0.15) is 41.5 Å². The predicted octanol–water partition coefficient (Wildman–Crippen LogP) is 3.27. The lowest BCUT2D eigenvalue weighted by atomic mass is 10.0. The highest BCUT2D eigenvalue weighted by Gasteiger charge is 2.27. The van der Waals surface area contributed by atoms with Gasteiger partial charge in [-0.25, -0.2) is 4.79 Å². The van der Waals surface area contributed by atoms with Crippen LogP contribution >= 0.6 is 0 Å². The third-order valence-electron chi connectivity index (χ3n) is 4.39. The number of Topliss-reactive ketones (excluding diaryl/α,β-unsaturated/α-hetero) is 1. The van der Waals surface area contributed by atoms with E-state index in [1.165, 1.54) is 7.11 Å². The number of benzene rings is 2. The monoisotopic (exact) mass is 413 g/mol. The first-order valence-electron chi connectivity index (χ1n) is 9.74. The standard InChI is InChI=1S/C23H27NO6/c1-5-29-17-12-10-16(11-13-17)19(25)14-30-23(27)21(15(2)3)24-22(26)18-8-6-7-9-20(18)28-4/h6-13,15,21H,5,14H2,1-4H3,(H,24,26)/t21-/m0/s1. The summed E-state index contributed by atoms with van der Waals surface area (Å²) >= 11 is 0. The Bertz CT molecular complexity index is 876. The van der Waals surface area contributed by atoms with Gasteiger partial charge in [-0.3, -0.25) is 9.59 Å². The van der Waals surface area contributed by atoms with Crippen molar-refractivity contribution in [2.45, 2.75) is 26.8 Å². The fourth-order valence-corrected chi connectivity index (χ4v) is 2.76. The lowest BCUT2D eigenvalue weighted by molar-refractivity contribution is -0.145. The number of nitrogens with one attached hydrogen (secondary N) is 1. The summed E-state index contributed by atoms with van der Waals surface area (Å²) < 4.78 is 15.7. The maximum absolute atomic E-state index is 12.6. The summed E-state index contributed by atoms with van der Waals surface area (Å²) in [6.45, 7) is 5.55. The van der Waals surface area contributed by atoms with Crippen molar-refractivity contribution in [2.24, 2.45) is 5.92 Å². The van der Waals surface area contributed by atoms with Crippen molar-refractivity contribution >= 4 is 17.7 Å². The minimum absolute atomic E-state index is 0.239. The Hall–Kier alpha value is -3.35. The zero-order chi connectivity index (χ0) is 22.1. The SMILES string of the molecule is CCOc1ccc(C(=O)COC(=O)[C@@H](NC(=O)c2ccccc2OC)C(C)C)cc1. The largest absolute Gasteiger partial charge is 0.496 e. The van der Waals surface area contributed by atoms with E-state index in [0.29, 0.717) is 29.2 Å². The smallest absolute Gasteiger partial charge is 0.329 e. The highest BCUT2D eigenvalue weighted by molar-refractivity contribution is 6.00. The summed E-state index contributed by atoms with van der Waals surface area (Å²) in [5.74, 6) is -0.656. The summed E-state index contributed by atoms with van der Waals surface area (Å²) in [5.41, 5.74) is 0.717. The van der Waals surface area contributed by atoms with Gasteiger partial charge in [-0.1, -0.05) is 26.0 Å². The van der Waals surface area contributed by atoms with Crippen molar-refractivity contribution in [3.8, 4) is 11.5 Å². The zero-order valence-corrected chi connectivity index (χ0v) is 17.6. The molecule has 2 aromatic rings. The molecule has 0 saturated heterocycles. The molecule has 160 valence electrons. The first-order chi connectivity index (χ1) is 14.4. The maximum atomic E-state index is 12.6. The topological polar surface area (TPSA) is 90.9 Å². The van der Waals surface area contributed by atoms with Crippen LogP contribution in [0.25, 0.3) is 0 Å². The van der Waals surface area contributed by atoms with Crippen LogP contribution in [0.5, 0.6) is 11.5 Å². The minimum atomic E-state index is -0.907. The third kappa shape index (κ3) is 6.07. The van der Waals surface area contributed by atoms with Crippen molar-refractivity contribution in [2.75, 3.05) is 20.3 Å². The van der Waals surface area contributed by atoms with Gasteiger partial charge in [0.1, 0.15) is 17.5 Å². The van der Waals surface area contributed by atoms with Crippen LogP contribution in [0, 0.1) is 5.92 Å². The van der Waals surface area contributed by atoms with E-state index in [9.17, 15) is 14.4 Å². The van der Waals surface area contributed by atoms with Gasteiger partial charge in [-0.2, -0.15) is 0 Å². The van der Waals surface area contributed by atoms with E-state index >= 15 is 0 Å². The first-order valence-corrected chi connectivity index (χ1v) is 9.74. The second-order valence-electron chi connectivity index (χ2n) is 6.88. The number of amides is 1. The number of esters is 1. The molecule has 0 heterocycles. The van der Waals surface area contributed by atoms with Gasteiger partial charge in [0, 0.05) is 5.56 Å². The Morgan fingerprint density at radius 3 is 2.27 bits per heavy atom. The molecule has 1 N–H and O–H groups in total. The van der Waals surface area contributed by atoms with Gasteiger partial charge in [0.25, 0.3) is 5.91 Å². The first kappa shape index (κ1) is 22.9. The van der Waals surface area contributed by atoms with Crippen LogP contribution in [-0.2, 0) is 9.53 Å². The Morgan fingerprint density at radius 1 is 1.00 bits per heavy atom. The maximum Gasteiger partial charge on any atom is 0.329 e. The average Bonchev–Trinajstić information content (AvgIpc) is 2.75. The molecule has 0 aliphatic heterocycles. The Balaban J connectivity index is 1.99. The molecular weight excluding hydrogens is 386 g/mol. The van der Waals surface area contributed by atoms with E-state index in [2.05, 4.69) is 5.32 Å². The number of methoxy groups -OCH3 is 1. The second-order valence-corrected chi connectivity index (χ2v) is 6.88. The van der Waals surface area contributed by atoms with Crippen molar-refractivity contribution in [3.05, 3.63) is 59.7 Å². The Morgan fingerprint density at radius 2 is 1.67 bits per heavy atom. The second kappa shape index (κ2) is 11.0.